The molecule has 5 nitrogen and oxygen atoms in total. The number of aromatic nitrogens is 1. The Morgan fingerprint density at radius 3 is 2.45 bits per heavy atom. The topological polar surface area (TPSA) is 79.3 Å². The molecule has 5 heteroatoms. The Kier molecular flexibility index (Phi) is 5.90. The van der Waals surface area contributed by atoms with Gasteiger partial charge in [0, 0.05) is 25.0 Å². The van der Waals surface area contributed by atoms with E-state index in [0.29, 0.717) is 6.29 Å². The van der Waals surface area contributed by atoms with Crippen LogP contribution in [0.3, 0.4) is 0 Å². The number of rotatable bonds is 3. The maximum absolute atomic E-state index is 10.4. The van der Waals surface area contributed by atoms with Crippen molar-refractivity contribution in [1.29, 1.82) is 0 Å². The van der Waals surface area contributed by atoms with Gasteiger partial charge in [-0.25, -0.2) is 4.79 Å². The van der Waals surface area contributed by atoms with Crippen LogP contribution in [0.25, 0.3) is 0 Å². The molecule has 0 atom stereocenters. The number of nitrogens with zero attached hydrogens (tertiary/aromatic N) is 1. The first-order valence-corrected chi connectivity index (χ1v) is 5.95. The van der Waals surface area contributed by atoms with E-state index in [4.69, 9.17) is 5.11 Å². The van der Waals surface area contributed by atoms with Crippen molar-refractivity contribution in [3.8, 4) is 0 Å². The summed E-state index contributed by atoms with van der Waals surface area (Å²) >= 11 is 0. The minimum Gasteiger partial charge on any atom is -0.478 e. The number of aromatic carboxylic acids is 1. The van der Waals surface area contributed by atoms with Crippen molar-refractivity contribution in [3.63, 3.8) is 0 Å². The van der Waals surface area contributed by atoms with Gasteiger partial charge in [-0.1, -0.05) is 18.2 Å². The van der Waals surface area contributed by atoms with Crippen molar-refractivity contribution >= 4 is 17.9 Å². The van der Waals surface area contributed by atoms with Crippen molar-refractivity contribution in [2.24, 2.45) is 0 Å². The van der Waals surface area contributed by atoms with Gasteiger partial charge < -0.3 is 10.4 Å². The molecule has 1 aromatic carbocycles. The molecule has 2 N–H and O–H groups in total. The van der Waals surface area contributed by atoms with Gasteiger partial charge in [-0.15, -0.1) is 0 Å². The number of anilines is 1. The van der Waals surface area contributed by atoms with Gasteiger partial charge in [-0.2, -0.15) is 0 Å². The van der Waals surface area contributed by atoms with Crippen LogP contribution in [0.1, 0.15) is 26.3 Å². The maximum atomic E-state index is 10.4. The summed E-state index contributed by atoms with van der Waals surface area (Å²) in [7, 11) is 1.89. The van der Waals surface area contributed by atoms with Crippen molar-refractivity contribution < 1.29 is 14.7 Å². The molecule has 1 heterocycles. The van der Waals surface area contributed by atoms with Gasteiger partial charge in [0.1, 0.15) is 0 Å². The second kappa shape index (κ2) is 7.68. The standard InChI is InChI=1S/C8H6O3.C7H10N2/c9-5-6-3-1-2-4-7(6)8(10)11;1-6-3-7(8-2)5-9-4-6/h1-5H,(H,10,11);3-5,8H,1-2H3. The fourth-order valence-corrected chi connectivity index (χ4v) is 1.49. The molecule has 0 saturated heterocycles. The second-order valence-electron chi connectivity index (χ2n) is 4.01. The average molecular weight is 272 g/mol. The molecular formula is C15H16N2O3. The zero-order valence-corrected chi connectivity index (χ0v) is 11.3. The molecule has 2 aromatic rings. The van der Waals surface area contributed by atoms with Crippen LogP contribution in [0.15, 0.2) is 42.7 Å². The highest BCUT2D eigenvalue weighted by molar-refractivity contribution is 5.96. The lowest BCUT2D eigenvalue weighted by Gasteiger charge is -1.97. The molecule has 0 bridgehead atoms. The van der Waals surface area contributed by atoms with Gasteiger partial charge in [-0.05, 0) is 24.6 Å². The van der Waals surface area contributed by atoms with Crippen LogP contribution in [0, 0.1) is 6.92 Å². The number of hydrogen-bond donors (Lipinski definition) is 2. The normalized spacial score (nSPS) is 9.10. The minimum absolute atomic E-state index is 0.0440. The predicted molar refractivity (Wildman–Crippen MR) is 77.3 cm³/mol. The van der Waals surface area contributed by atoms with E-state index in [2.05, 4.69) is 10.3 Å². The molecule has 0 spiro atoms. The van der Waals surface area contributed by atoms with Gasteiger partial charge in [0.2, 0.25) is 0 Å². The van der Waals surface area contributed by atoms with E-state index in [1.54, 1.807) is 18.3 Å². The van der Waals surface area contributed by atoms with Crippen LogP contribution in [0.2, 0.25) is 0 Å². The van der Waals surface area contributed by atoms with E-state index in [1.165, 1.54) is 17.7 Å². The molecule has 2 rings (SSSR count). The second-order valence-corrected chi connectivity index (χ2v) is 4.01. The number of carbonyl (C=O) groups excluding carboxylic acids is 1. The van der Waals surface area contributed by atoms with Crippen molar-refractivity contribution in [3.05, 3.63) is 59.4 Å². The third-order valence-corrected chi connectivity index (χ3v) is 2.48. The van der Waals surface area contributed by atoms with E-state index < -0.39 is 5.97 Å². The number of aryl methyl sites for hydroxylation is 1. The molecule has 1 aromatic heterocycles. The Morgan fingerprint density at radius 2 is 2.00 bits per heavy atom. The van der Waals surface area contributed by atoms with E-state index in [-0.39, 0.29) is 11.1 Å². The molecule has 0 aliphatic heterocycles. The number of aldehydes is 1. The highest BCUT2D eigenvalue weighted by atomic mass is 16.4. The average Bonchev–Trinajstić information content (AvgIpc) is 2.47. The van der Waals surface area contributed by atoms with Crippen LogP contribution in [-0.2, 0) is 0 Å². The van der Waals surface area contributed by atoms with Gasteiger partial charge in [0.25, 0.3) is 0 Å². The first-order chi connectivity index (χ1) is 9.58. The molecule has 0 amide bonds. The number of hydrogen-bond acceptors (Lipinski definition) is 4. The molecule has 0 fully saturated rings. The molecule has 0 unspecified atom stereocenters. The highest BCUT2D eigenvalue weighted by Gasteiger charge is 2.06. The summed E-state index contributed by atoms with van der Waals surface area (Å²) in [6.07, 6.45) is 4.16. The molecule has 104 valence electrons. The largest absolute Gasteiger partial charge is 0.478 e. The Balaban J connectivity index is 0.000000204. The van der Waals surface area contributed by atoms with Crippen molar-refractivity contribution in [2.45, 2.75) is 6.92 Å². The smallest absolute Gasteiger partial charge is 0.336 e. The highest BCUT2D eigenvalue weighted by Crippen LogP contribution is 2.05. The third-order valence-electron chi connectivity index (χ3n) is 2.48. The van der Waals surface area contributed by atoms with Gasteiger partial charge in [-0.3, -0.25) is 9.78 Å². The summed E-state index contributed by atoms with van der Waals surface area (Å²) in [4.78, 5) is 24.7. The zero-order chi connectivity index (χ0) is 15.0. The van der Waals surface area contributed by atoms with Gasteiger partial charge >= 0.3 is 5.97 Å². The van der Waals surface area contributed by atoms with Gasteiger partial charge in [0.05, 0.1) is 11.3 Å². The minimum atomic E-state index is -1.08. The monoisotopic (exact) mass is 272 g/mol. The number of pyridine rings is 1. The Hall–Kier alpha value is -2.69. The molecule has 0 aliphatic carbocycles. The summed E-state index contributed by atoms with van der Waals surface area (Å²) in [5.74, 6) is -1.08. The van der Waals surface area contributed by atoms with E-state index in [1.807, 2.05) is 26.2 Å². The van der Waals surface area contributed by atoms with E-state index in [0.717, 1.165) is 5.69 Å². The van der Waals surface area contributed by atoms with Crippen molar-refractivity contribution in [2.75, 3.05) is 12.4 Å². The predicted octanol–water partition coefficient (Wildman–Crippen LogP) is 2.63. The van der Waals surface area contributed by atoms with Crippen LogP contribution >= 0.6 is 0 Å². The fourth-order valence-electron chi connectivity index (χ4n) is 1.49. The van der Waals surface area contributed by atoms with Crippen LogP contribution in [0.4, 0.5) is 5.69 Å². The van der Waals surface area contributed by atoms with Gasteiger partial charge in [0.15, 0.2) is 6.29 Å². The quantitative estimate of drug-likeness (QED) is 0.840. The van der Waals surface area contributed by atoms with E-state index in [9.17, 15) is 9.59 Å². The number of carboxylic acids is 1. The number of carbonyl (C=O) groups is 2. The Bertz CT molecular complexity index is 597. The van der Waals surface area contributed by atoms with Crippen LogP contribution in [-0.4, -0.2) is 29.4 Å². The maximum Gasteiger partial charge on any atom is 0.336 e. The first kappa shape index (κ1) is 15.4. The number of carboxylic acid groups (broad SMARTS) is 1. The fraction of sp³-hybridized carbons (Fsp3) is 0.133. The van der Waals surface area contributed by atoms with Crippen molar-refractivity contribution in [1.82, 2.24) is 4.98 Å². The van der Waals surface area contributed by atoms with E-state index >= 15 is 0 Å². The molecule has 0 saturated carbocycles. The third kappa shape index (κ3) is 4.53. The summed E-state index contributed by atoms with van der Waals surface area (Å²) in [6, 6.07) is 8.11. The SMILES string of the molecule is CNc1cncc(C)c1.O=Cc1ccccc1C(=O)O. The molecule has 0 aliphatic rings. The first-order valence-electron chi connectivity index (χ1n) is 5.95. The Morgan fingerprint density at radius 1 is 1.30 bits per heavy atom. The molecule has 20 heavy (non-hydrogen) atoms. The molecular weight excluding hydrogens is 256 g/mol. The summed E-state index contributed by atoms with van der Waals surface area (Å²) in [5.41, 5.74) is 2.50. The summed E-state index contributed by atoms with van der Waals surface area (Å²) in [6.45, 7) is 2.02. The van der Waals surface area contributed by atoms with Crippen LogP contribution in [0.5, 0.6) is 0 Å². The summed E-state index contributed by atoms with van der Waals surface area (Å²) < 4.78 is 0. The lowest BCUT2D eigenvalue weighted by Crippen LogP contribution is -2.00. The number of benzene rings is 1. The number of nitrogens with one attached hydrogen (secondary N) is 1. The summed E-state index contributed by atoms with van der Waals surface area (Å²) in [5, 5.41) is 11.5. The lowest BCUT2D eigenvalue weighted by atomic mass is 10.1. The zero-order valence-electron chi connectivity index (χ0n) is 11.3. The molecule has 0 radical (unpaired) electrons. The lowest BCUT2D eigenvalue weighted by molar-refractivity contribution is 0.0694. The van der Waals surface area contributed by atoms with Crippen LogP contribution < -0.4 is 5.32 Å². The Labute approximate surface area is 117 Å².